The summed E-state index contributed by atoms with van der Waals surface area (Å²) in [6, 6.07) is 0. The van der Waals surface area contributed by atoms with Crippen molar-refractivity contribution in [3.63, 3.8) is 0 Å². The van der Waals surface area contributed by atoms with Crippen molar-refractivity contribution >= 4 is 5.97 Å². The molecule has 13 heavy (non-hydrogen) atoms. The third kappa shape index (κ3) is 6.58. The van der Waals surface area contributed by atoms with Crippen molar-refractivity contribution in [2.45, 2.75) is 52.1 Å². The van der Waals surface area contributed by atoms with E-state index in [1.165, 1.54) is 19.3 Å². The van der Waals surface area contributed by atoms with Crippen LogP contribution in [0.3, 0.4) is 0 Å². The van der Waals surface area contributed by atoms with E-state index in [2.05, 4.69) is 0 Å². The Balaban J connectivity index is 0.000000671. The fraction of sp³-hybridized carbons (Fsp3) is 0.900. The normalized spacial score (nSPS) is 17.4. The predicted molar refractivity (Wildman–Crippen MR) is 51.8 cm³/mol. The first-order chi connectivity index (χ1) is 6.29. The molecule has 0 saturated heterocycles. The van der Waals surface area contributed by atoms with Crippen molar-refractivity contribution in [2.75, 3.05) is 6.61 Å². The van der Waals surface area contributed by atoms with Gasteiger partial charge in [0.15, 0.2) is 0 Å². The standard InChI is InChI=1S/C8H14O3.C2H6/c9-8(10)6-11-7-4-2-1-3-5-7;1-2/h7H,1-6H2,(H,9,10);1-2H3. The molecular weight excluding hydrogens is 168 g/mol. The Labute approximate surface area is 80.1 Å². The molecule has 3 nitrogen and oxygen atoms in total. The lowest BCUT2D eigenvalue weighted by Crippen LogP contribution is -2.20. The van der Waals surface area contributed by atoms with Crippen LogP contribution in [0.4, 0.5) is 0 Å². The van der Waals surface area contributed by atoms with Gasteiger partial charge in [-0.3, -0.25) is 0 Å². The monoisotopic (exact) mass is 188 g/mol. The van der Waals surface area contributed by atoms with Crippen LogP contribution in [-0.2, 0) is 9.53 Å². The maximum atomic E-state index is 10.1. The van der Waals surface area contributed by atoms with Gasteiger partial charge in [0.1, 0.15) is 6.61 Å². The van der Waals surface area contributed by atoms with Gasteiger partial charge in [-0.2, -0.15) is 0 Å². The lowest BCUT2D eigenvalue weighted by atomic mass is 9.98. The van der Waals surface area contributed by atoms with Crippen molar-refractivity contribution in [1.82, 2.24) is 0 Å². The highest BCUT2D eigenvalue weighted by atomic mass is 16.5. The van der Waals surface area contributed by atoms with Gasteiger partial charge in [0, 0.05) is 0 Å². The van der Waals surface area contributed by atoms with Gasteiger partial charge in [0.2, 0.25) is 0 Å². The summed E-state index contributed by atoms with van der Waals surface area (Å²) in [6.45, 7) is 3.87. The molecule has 0 bridgehead atoms. The minimum absolute atomic E-state index is 0.134. The van der Waals surface area contributed by atoms with Gasteiger partial charge in [-0.1, -0.05) is 33.1 Å². The Morgan fingerprint density at radius 1 is 1.31 bits per heavy atom. The zero-order valence-electron chi connectivity index (χ0n) is 8.58. The Kier molecular flexibility index (Phi) is 7.69. The number of aliphatic carboxylic acids is 1. The zero-order valence-corrected chi connectivity index (χ0v) is 8.58. The van der Waals surface area contributed by atoms with Crippen molar-refractivity contribution in [2.24, 2.45) is 0 Å². The highest BCUT2D eigenvalue weighted by molar-refractivity contribution is 5.68. The third-order valence-corrected chi connectivity index (χ3v) is 1.99. The molecule has 0 aromatic heterocycles. The molecule has 0 spiro atoms. The molecule has 1 rings (SSSR count). The summed E-state index contributed by atoms with van der Waals surface area (Å²) in [5, 5.41) is 8.32. The molecule has 1 aliphatic carbocycles. The van der Waals surface area contributed by atoms with E-state index in [0.717, 1.165) is 12.8 Å². The van der Waals surface area contributed by atoms with Crippen molar-refractivity contribution in [3.05, 3.63) is 0 Å². The SMILES string of the molecule is CC.O=C(O)COC1CCCCC1. The van der Waals surface area contributed by atoms with E-state index in [4.69, 9.17) is 9.84 Å². The van der Waals surface area contributed by atoms with Crippen molar-refractivity contribution in [3.8, 4) is 0 Å². The molecule has 1 saturated carbocycles. The minimum atomic E-state index is -0.865. The van der Waals surface area contributed by atoms with Gasteiger partial charge in [0.25, 0.3) is 0 Å². The Morgan fingerprint density at radius 3 is 2.31 bits per heavy atom. The quantitative estimate of drug-likeness (QED) is 0.740. The molecular formula is C10H20O3. The lowest BCUT2D eigenvalue weighted by Gasteiger charge is -2.20. The number of rotatable bonds is 3. The number of hydrogen-bond acceptors (Lipinski definition) is 2. The molecule has 3 heteroatoms. The zero-order chi connectivity index (χ0) is 10.1. The molecule has 78 valence electrons. The van der Waals surface area contributed by atoms with Crippen molar-refractivity contribution < 1.29 is 14.6 Å². The van der Waals surface area contributed by atoms with E-state index in [9.17, 15) is 4.79 Å². The summed E-state index contributed by atoms with van der Waals surface area (Å²) in [5.74, 6) is -0.865. The number of carboxylic acids is 1. The van der Waals surface area contributed by atoms with Gasteiger partial charge in [-0.15, -0.1) is 0 Å². The third-order valence-electron chi connectivity index (χ3n) is 1.99. The van der Waals surface area contributed by atoms with Crippen LogP contribution >= 0.6 is 0 Å². The second-order valence-electron chi connectivity index (χ2n) is 2.96. The molecule has 0 aliphatic heterocycles. The van der Waals surface area contributed by atoms with E-state index in [0.29, 0.717) is 0 Å². The van der Waals surface area contributed by atoms with Gasteiger partial charge < -0.3 is 9.84 Å². The Bertz CT molecular complexity index is 128. The summed E-state index contributed by atoms with van der Waals surface area (Å²) in [7, 11) is 0. The molecule has 1 N–H and O–H groups in total. The number of hydrogen-bond donors (Lipinski definition) is 1. The molecule has 0 unspecified atom stereocenters. The average Bonchev–Trinajstić information content (AvgIpc) is 2.19. The average molecular weight is 188 g/mol. The van der Waals surface area contributed by atoms with Crippen LogP contribution in [0, 0.1) is 0 Å². The van der Waals surface area contributed by atoms with Gasteiger partial charge in [0.05, 0.1) is 6.10 Å². The van der Waals surface area contributed by atoms with E-state index >= 15 is 0 Å². The highest BCUT2D eigenvalue weighted by Gasteiger charge is 2.14. The molecule has 0 aromatic carbocycles. The fourth-order valence-corrected chi connectivity index (χ4v) is 1.42. The molecule has 0 radical (unpaired) electrons. The van der Waals surface area contributed by atoms with E-state index in [1.54, 1.807) is 0 Å². The molecule has 0 heterocycles. The topological polar surface area (TPSA) is 46.5 Å². The summed E-state index contributed by atoms with van der Waals surface area (Å²) in [5.41, 5.74) is 0. The van der Waals surface area contributed by atoms with Crippen LogP contribution in [0.25, 0.3) is 0 Å². The highest BCUT2D eigenvalue weighted by Crippen LogP contribution is 2.19. The molecule has 0 aromatic rings. The molecule has 1 fully saturated rings. The second kappa shape index (κ2) is 8.05. The number of carbonyl (C=O) groups is 1. The number of ether oxygens (including phenoxy) is 1. The van der Waals surface area contributed by atoms with E-state index in [1.807, 2.05) is 13.8 Å². The maximum absolute atomic E-state index is 10.1. The maximum Gasteiger partial charge on any atom is 0.329 e. The van der Waals surface area contributed by atoms with Gasteiger partial charge >= 0.3 is 5.97 Å². The first-order valence-electron chi connectivity index (χ1n) is 5.12. The Hall–Kier alpha value is -0.570. The van der Waals surface area contributed by atoms with Crippen LogP contribution in [0.1, 0.15) is 46.0 Å². The number of carboxylic acid groups (broad SMARTS) is 1. The first kappa shape index (κ1) is 12.4. The van der Waals surface area contributed by atoms with Crippen LogP contribution in [0.15, 0.2) is 0 Å². The largest absolute Gasteiger partial charge is 0.480 e. The fourth-order valence-electron chi connectivity index (χ4n) is 1.42. The molecule has 0 atom stereocenters. The summed E-state index contributed by atoms with van der Waals surface area (Å²) < 4.78 is 5.14. The van der Waals surface area contributed by atoms with Gasteiger partial charge in [-0.05, 0) is 12.8 Å². The molecule has 1 aliphatic rings. The van der Waals surface area contributed by atoms with E-state index < -0.39 is 5.97 Å². The van der Waals surface area contributed by atoms with Crippen LogP contribution in [0.2, 0.25) is 0 Å². The van der Waals surface area contributed by atoms with Crippen molar-refractivity contribution in [1.29, 1.82) is 0 Å². The van der Waals surface area contributed by atoms with Crippen LogP contribution in [0.5, 0.6) is 0 Å². The minimum Gasteiger partial charge on any atom is -0.480 e. The molecule has 0 amide bonds. The van der Waals surface area contributed by atoms with Crippen LogP contribution < -0.4 is 0 Å². The first-order valence-corrected chi connectivity index (χ1v) is 5.12. The van der Waals surface area contributed by atoms with Gasteiger partial charge in [-0.25, -0.2) is 4.79 Å². The Morgan fingerprint density at radius 2 is 1.85 bits per heavy atom. The summed E-state index contributed by atoms with van der Waals surface area (Å²) in [4.78, 5) is 10.1. The second-order valence-corrected chi connectivity index (χ2v) is 2.96. The lowest BCUT2D eigenvalue weighted by molar-refractivity contribution is -0.144. The predicted octanol–water partition coefficient (Wildman–Crippen LogP) is 2.45. The summed E-state index contributed by atoms with van der Waals surface area (Å²) >= 11 is 0. The summed E-state index contributed by atoms with van der Waals surface area (Å²) in [6.07, 6.45) is 5.92. The van der Waals surface area contributed by atoms with Crippen LogP contribution in [-0.4, -0.2) is 23.8 Å². The smallest absolute Gasteiger partial charge is 0.329 e. The van der Waals surface area contributed by atoms with E-state index in [-0.39, 0.29) is 12.7 Å².